The van der Waals surface area contributed by atoms with E-state index in [0.717, 1.165) is 48.1 Å². The molecular formula is C19H27N5O2. The third kappa shape index (κ3) is 3.58. The molecule has 0 radical (unpaired) electrons. The quantitative estimate of drug-likeness (QED) is 0.852. The summed E-state index contributed by atoms with van der Waals surface area (Å²) in [6, 6.07) is 2.56. The lowest BCUT2D eigenvalue weighted by Gasteiger charge is -2.22. The molecule has 1 aliphatic rings. The number of amides is 1. The van der Waals surface area contributed by atoms with E-state index in [0.29, 0.717) is 6.04 Å². The van der Waals surface area contributed by atoms with Gasteiger partial charge in [0.2, 0.25) is 5.82 Å². The summed E-state index contributed by atoms with van der Waals surface area (Å²) in [5.41, 5.74) is 8.31. The van der Waals surface area contributed by atoms with Crippen LogP contribution in [-0.2, 0) is 0 Å². The minimum absolute atomic E-state index is 0.0782. The predicted molar refractivity (Wildman–Crippen MR) is 100 cm³/mol. The standard InChI is InChI=1S/C19H27N5O2/c1-10-8-16(26-14(10)5)13(4)21-15-6-7-24(9-15)19-11(2)12(3)22-18(23-19)17(20)25/h8,13,15,21H,6-7,9H2,1-5H3,(H2,20,25)/t13?,15-/m1/s1. The molecule has 1 unspecified atom stereocenters. The van der Waals surface area contributed by atoms with Crippen LogP contribution in [0.1, 0.15) is 58.3 Å². The lowest BCUT2D eigenvalue weighted by Crippen LogP contribution is -2.35. The topological polar surface area (TPSA) is 97.3 Å². The molecule has 0 aliphatic carbocycles. The molecule has 7 heteroatoms. The first kappa shape index (κ1) is 18.4. The van der Waals surface area contributed by atoms with Gasteiger partial charge in [0.1, 0.15) is 17.3 Å². The molecule has 140 valence electrons. The SMILES string of the molecule is Cc1cc(C(C)N[C@@H]2CCN(c3nc(C(N)=O)nc(C)c3C)C2)oc1C. The third-order valence-corrected chi connectivity index (χ3v) is 5.17. The predicted octanol–water partition coefficient (Wildman–Crippen LogP) is 2.33. The number of anilines is 1. The molecule has 2 aromatic heterocycles. The highest BCUT2D eigenvalue weighted by atomic mass is 16.3. The van der Waals surface area contributed by atoms with Crippen molar-refractivity contribution < 1.29 is 9.21 Å². The van der Waals surface area contributed by atoms with Crippen LogP contribution in [0.3, 0.4) is 0 Å². The number of nitrogens with two attached hydrogens (primary N) is 1. The Hall–Kier alpha value is -2.41. The normalized spacial score (nSPS) is 18.3. The maximum absolute atomic E-state index is 11.5. The summed E-state index contributed by atoms with van der Waals surface area (Å²) in [7, 11) is 0. The van der Waals surface area contributed by atoms with Crippen LogP contribution in [0.5, 0.6) is 0 Å². The van der Waals surface area contributed by atoms with Crippen LogP contribution >= 0.6 is 0 Å². The Morgan fingerprint density at radius 3 is 2.69 bits per heavy atom. The van der Waals surface area contributed by atoms with Crippen molar-refractivity contribution in [3.63, 3.8) is 0 Å². The van der Waals surface area contributed by atoms with Crippen LogP contribution in [0.2, 0.25) is 0 Å². The van der Waals surface area contributed by atoms with Gasteiger partial charge in [-0.25, -0.2) is 9.97 Å². The number of hydrogen-bond donors (Lipinski definition) is 2. The van der Waals surface area contributed by atoms with E-state index in [1.54, 1.807) is 0 Å². The zero-order valence-corrected chi connectivity index (χ0v) is 16.1. The van der Waals surface area contributed by atoms with Crippen molar-refractivity contribution in [1.82, 2.24) is 15.3 Å². The van der Waals surface area contributed by atoms with Crippen molar-refractivity contribution in [2.45, 2.75) is 53.1 Å². The van der Waals surface area contributed by atoms with E-state index < -0.39 is 5.91 Å². The molecule has 3 N–H and O–H groups in total. The number of nitrogens with one attached hydrogen (secondary N) is 1. The summed E-state index contributed by atoms with van der Waals surface area (Å²) in [6.45, 7) is 11.7. The van der Waals surface area contributed by atoms with Gasteiger partial charge in [-0.1, -0.05) is 0 Å². The van der Waals surface area contributed by atoms with Crippen molar-refractivity contribution >= 4 is 11.7 Å². The molecule has 1 fully saturated rings. The maximum atomic E-state index is 11.5. The van der Waals surface area contributed by atoms with Gasteiger partial charge in [0.15, 0.2) is 0 Å². The van der Waals surface area contributed by atoms with Gasteiger partial charge in [0.05, 0.1) is 6.04 Å². The largest absolute Gasteiger partial charge is 0.464 e. The Morgan fingerprint density at radius 1 is 1.35 bits per heavy atom. The van der Waals surface area contributed by atoms with Gasteiger partial charge in [-0.2, -0.15) is 0 Å². The van der Waals surface area contributed by atoms with Crippen LogP contribution < -0.4 is 16.0 Å². The second kappa shape index (κ2) is 7.07. The molecule has 7 nitrogen and oxygen atoms in total. The number of aryl methyl sites for hydroxylation is 3. The zero-order chi connectivity index (χ0) is 19.0. The average Bonchev–Trinajstić information content (AvgIpc) is 3.17. The summed E-state index contributed by atoms with van der Waals surface area (Å²) in [4.78, 5) is 22.3. The first-order valence-electron chi connectivity index (χ1n) is 8.99. The molecule has 0 saturated carbocycles. The third-order valence-electron chi connectivity index (χ3n) is 5.17. The van der Waals surface area contributed by atoms with Gasteiger partial charge in [0, 0.05) is 30.4 Å². The van der Waals surface area contributed by atoms with Crippen molar-refractivity contribution in [1.29, 1.82) is 0 Å². The molecule has 1 amide bonds. The molecule has 3 heterocycles. The Bertz CT molecular complexity index is 810. The highest BCUT2D eigenvalue weighted by Crippen LogP contribution is 2.26. The number of hydrogen-bond acceptors (Lipinski definition) is 6. The molecule has 2 atom stereocenters. The number of carbonyl (C=O) groups excluding carboxylic acids is 1. The lowest BCUT2D eigenvalue weighted by molar-refractivity contribution is 0.0990. The Balaban J connectivity index is 1.71. The molecule has 1 aliphatic heterocycles. The van der Waals surface area contributed by atoms with Crippen LogP contribution in [0.4, 0.5) is 5.82 Å². The molecule has 0 bridgehead atoms. The number of rotatable bonds is 5. The van der Waals surface area contributed by atoms with Crippen LogP contribution in [-0.4, -0.2) is 35.0 Å². The number of carbonyl (C=O) groups is 1. The summed E-state index contributed by atoms with van der Waals surface area (Å²) in [5.74, 6) is 2.21. The molecule has 2 aromatic rings. The second-order valence-corrected chi connectivity index (χ2v) is 7.15. The summed E-state index contributed by atoms with van der Waals surface area (Å²) >= 11 is 0. The summed E-state index contributed by atoms with van der Waals surface area (Å²) in [6.07, 6.45) is 0.997. The van der Waals surface area contributed by atoms with Crippen molar-refractivity contribution in [3.8, 4) is 0 Å². The molecule has 0 aromatic carbocycles. The van der Waals surface area contributed by atoms with E-state index in [1.807, 2.05) is 20.8 Å². The van der Waals surface area contributed by atoms with E-state index in [4.69, 9.17) is 10.2 Å². The van der Waals surface area contributed by atoms with Crippen LogP contribution in [0.25, 0.3) is 0 Å². The van der Waals surface area contributed by atoms with E-state index in [9.17, 15) is 4.79 Å². The lowest BCUT2D eigenvalue weighted by atomic mass is 10.1. The van der Waals surface area contributed by atoms with Gasteiger partial charge in [-0.15, -0.1) is 0 Å². The fraction of sp³-hybridized carbons (Fsp3) is 0.526. The van der Waals surface area contributed by atoms with Gasteiger partial charge in [-0.05, 0) is 52.7 Å². The first-order chi connectivity index (χ1) is 12.3. The smallest absolute Gasteiger partial charge is 0.286 e. The Labute approximate surface area is 154 Å². The fourth-order valence-electron chi connectivity index (χ4n) is 3.37. The monoisotopic (exact) mass is 357 g/mol. The van der Waals surface area contributed by atoms with E-state index in [-0.39, 0.29) is 11.9 Å². The maximum Gasteiger partial charge on any atom is 0.286 e. The van der Waals surface area contributed by atoms with Crippen LogP contribution in [0, 0.1) is 27.7 Å². The number of aromatic nitrogens is 2. The number of nitrogens with zero attached hydrogens (tertiary/aromatic N) is 3. The van der Waals surface area contributed by atoms with Gasteiger partial charge >= 0.3 is 0 Å². The Kier molecular flexibility index (Phi) is 5.00. The number of furan rings is 1. The van der Waals surface area contributed by atoms with E-state index in [2.05, 4.69) is 40.1 Å². The fourth-order valence-corrected chi connectivity index (χ4v) is 3.37. The van der Waals surface area contributed by atoms with Crippen molar-refractivity contribution in [2.75, 3.05) is 18.0 Å². The molecule has 1 saturated heterocycles. The van der Waals surface area contributed by atoms with Crippen LogP contribution in [0.15, 0.2) is 10.5 Å². The van der Waals surface area contributed by atoms with Gasteiger partial charge in [0.25, 0.3) is 5.91 Å². The summed E-state index contributed by atoms with van der Waals surface area (Å²) in [5, 5.41) is 3.64. The average molecular weight is 357 g/mol. The van der Waals surface area contributed by atoms with Crippen molar-refractivity contribution in [2.24, 2.45) is 5.73 Å². The summed E-state index contributed by atoms with van der Waals surface area (Å²) < 4.78 is 5.83. The van der Waals surface area contributed by atoms with Gasteiger partial charge in [-0.3, -0.25) is 4.79 Å². The minimum atomic E-state index is -0.597. The Morgan fingerprint density at radius 2 is 2.08 bits per heavy atom. The minimum Gasteiger partial charge on any atom is -0.464 e. The molecule has 3 rings (SSSR count). The highest BCUT2D eigenvalue weighted by molar-refractivity contribution is 5.89. The molecule has 26 heavy (non-hydrogen) atoms. The second-order valence-electron chi connectivity index (χ2n) is 7.15. The van der Waals surface area contributed by atoms with E-state index >= 15 is 0 Å². The van der Waals surface area contributed by atoms with Crippen molar-refractivity contribution in [3.05, 3.63) is 40.2 Å². The molecule has 0 spiro atoms. The van der Waals surface area contributed by atoms with E-state index in [1.165, 1.54) is 5.56 Å². The van der Waals surface area contributed by atoms with Gasteiger partial charge < -0.3 is 20.4 Å². The first-order valence-corrected chi connectivity index (χ1v) is 8.99. The highest BCUT2D eigenvalue weighted by Gasteiger charge is 2.28. The zero-order valence-electron chi connectivity index (χ0n) is 16.1. The molecular weight excluding hydrogens is 330 g/mol. The number of primary amides is 1.